The van der Waals surface area contributed by atoms with Crippen molar-refractivity contribution in [3.63, 3.8) is 0 Å². The van der Waals surface area contributed by atoms with Crippen molar-refractivity contribution in [1.29, 1.82) is 0 Å². The summed E-state index contributed by atoms with van der Waals surface area (Å²) in [6.45, 7) is 3.31. The van der Waals surface area contributed by atoms with E-state index in [4.69, 9.17) is 10.8 Å². The number of hydrogen-bond donors (Lipinski definition) is 3. The number of carboxylic acid groups (broad SMARTS) is 1. The Morgan fingerprint density at radius 3 is 2.62 bits per heavy atom. The second kappa shape index (κ2) is 4.85. The predicted octanol–water partition coefficient (Wildman–Crippen LogP) is 0.603. The van der Waals surface area contributed by atoms with Crippen molar-refractivity contribution in [1.82, 2.24) is 4.57 Å². The summed E-state index contributed by atoms with van der Waals surface area (Å²) in [5.74, 6) is -3.11. The molecule has 1 aromatic heterocycles. The van der Waals surface area contributed by atoms with E-state index >= 15 is 0 Å². The van der Waals surface area contributed by atoms with Gasteiger partial charge in [0.15, 0.2) is 5.78 Å². The van der Waals surface area contributed by atoms with Gasteiger partial charge in [-0.15, -0.1) is 0 Å². The van der Waals surface area contributed by atoms with Crippen LogP contribution in [0.1, 0.15) is 30.8 Å². The van der Waals surface area contributed by atoms with Gasteiger partial charge in [0.25, 0.3) is 0 Å². The molecule has 1 aromatic rings. The molecule has 21 heavy (non-hydrogen) atoms. The van der Waals surface area contributed by atoms with Crippen LogP contribution in [-0.2, 0) is 15.1 Å². The first-order valence-corrected chi connectivity index (χ1v) is 6.35. The van der Waals surface area contributed by atoms with Crippen LogP contribution in [0.15, 0.2) is 29.7 Å². The molecule has 0 spiro atoms. The Balaban J connectivity index is 2.45. The van der Waals surface area contributed by atoms with Crippen LogP contribution in [0, 0.1) is 0 Å². The van der Waals surface area contributed by atoms with E-state index in [-0.39, 0.29) is 17.0 Å². The molecule has 7 heteroatoms. The van der Waals surface area contributed by atoms with E-state index in [1.807, 2.05) is 0 Å². The van der Waals surface area contributed by atoms with Gasteiger partial charge in [0.2, 0.25) is 5.78 Å². The summed E-state index contributed by atoms with van der Waals surface area (Å²) in [4.78, 5) is 35.2. The molecule has 7 nitrogen and oxygen atoms in total. The molecule has 0 fully saturated rings. The number of aliphatic carboxylic acids is 1. The SMILES string of the molecule is CC1(C)C(O)=C(C(=O)C[C@H](N)C(=O)O)C(=O)c2cccn21. The number of hydrogen-bond acceptors (Lipinski definition) is 5. The van der Waals surface area contributed by atoms with E-state index in [2.05, 4.69) is 0 Å². The zero-order chi connectivity index (χ0) is 15.9. The van der Waals surface area contributed by atoms with Crippen LogP contribution in [0.4, 0.5) is 0 Å². The zero-order valence-corrected chi connectivity index (χ0v) is 11.7. The molecule has 0 unspecified atom stereocenters. The van der Waals surface area contributed by atoms with Crippen LogP contribution in [0.5, 0.6) is 0 Å². The molecule has 0 amide bonds. The monoisotopic (exact) mass is 292 g/mol. The maximum absolute atomic E-state index is 12.3. The zero-order valence-electron chi connectivity index (χ0n) is 11.7. The molecule has 1 aliphatic rings. The second-order valence-corrected chi connectivity index (χ2v) is 5.45. The molecular formula is C14H16N2O5. The predicted molar refractivity (Wildman–Crippen MR) is 73.0 cm³/mol. The summed E-state index contributed by atoms with van der Waals surface area (Å²) in [6, 6.07) is 1.77. The molecule has 0 saturated carbocycles. The largest absolute Gasteiger partial charge is 0.509 e. The van der Waals surface area contributed by atoms with E-state index in [0.29, 0.717) is 0 Å². The number of rotatable bonds is 4. The molecule has 112 valence electrons. The molecule has 4 N–H and O–H groups in total. The number of aliphatic hydroxyl groups is 1. The van der Waals surface area contributed by atoms with Crippen LogP contribution >= 0.6 is 0 Å². The number of carbonyl (C=O) groups is 3. The van der Waals surface area contributed by atoms with Gasteiger partial charge in [0.05, 0.1) is 11.2 Å². The fourth-order valence-electron chi connectivity index (χ4n) is 2.36. The molecule has 1 atom stereocenters. The molecule has 1 aliphatic heterocycles. The Morgan fingerprint density at radius 2 is 2.05 bits per heavy atom. The summed E-state index contributed by atoms with van der Waals surface area (Å²) in [6.07, 6.45) is 1.09. The molecule has 0 aromatic carbocycles. The van der Waals surface area contributed by atoms with Gasteiger partial charge in [0.1, 0.15) is 17.4 Å². The van der Waals surface area contributed by atoms with Gasteiger partial charge in [-0.25, -0.2) is 0 Å². The highest BCUT2D eigenvalue weighted by Gasteiger charge is 2.41. The third-order valence-corrected chi connectivity index (χ3v) is 3.63. The van der Waals surface area contributed by atoms with Crippen LogP contribution < -0.4 is 5.73 Å². The van der Waals surface area contributed by atoms with Crippen molar-refractivity contribution in [2.75, 3.05) is 0 Å². The van der Waals surface area contributed by atoms with Crippen LogP contribution in [-0.4, -0.2) is 38.4 Å². The first-order chi connectivity index (χ1) is 9.67. The number of fused-ring (bicyclic) bond motifs is 1. The van der Waals surface area contributed by atoms with E-state index < -0.39 is 35.5 Å². The number of aliphatic hydroxyl groups excluding tert-OH is 1. The number of carbonyl (C=O) groups excluding carboxylic acids is 2. The van der Waals surface area contributed by atoms with Gasteiger partial charge in [0, 0.05) is 12.6 Å². The number of nitrogens with two attached hydrogens (primary N) is 1. The number of nitrogens with zero attached hydrogens (tertiary/aromatic N) is 1. The molecule has 0 aliphatic carbocycles. The summed E-state index contributed by atoms with van der Waals surface area (Å²) < 4.78 is 1.57. The lowest BCUT2D eigenvalue weighted by atomic mass is 9.86. The minimum atomic E-state index is -1.41. The Kier molecular flexibility index (Phi) is 3.46. The van der Waals surface area contributed by atoms with Crippen molar-refractivity contribution in [2.24, 2.45) is 5.73 Å². The maximum atomic E-state index is 12.3. The third-order valence-electron chi connectivity index (χ3n) is 3.63. The standard InChI is InChI=1S/C14H16N2O5/c1-14(2)12(19)10(9(17)6-7(15)13(20)21)11(18)8-4-3-5-16(8)14/h3-5,7,19H,6,15H2,1-2H3,(H,20,21)/t7-/m0/s1. The lowest BCUT2D eigenvalue weighted by Gasteiger charge is -2.33. The lowest BCUT2D eigenvalue weighted by Crippen LogP contribution is -2.41. The Bertz CT molecular complexity index is 669. The van der Waals surface area contributed by atoms with Gasteiger partial charge in [-0.1, -0.05) is 0 Å². The highest BCUT2D eigenvalue weighted by molar-refractivity contribution is 6.27. The van der Waals surface area contributed by atoms with E-state index in [1.54, 1.807) is 36.7 Å². The van der Waals surface area contributed by atoms with Crippen molar-refractivity contribution in [2.45, 2.75) is 31.8 Å². The lowest BCUT2D eigenvalue weighted by molar-refractivity contribution is -0.139. The first kappa shape index (κ1) is 15.0. The minimum absolute atomic E-state index is 0.269. The average molecular weight is 292 g/mol. The Morgan fingerprint density at radius 1 is 1.43 bits per heavy atom. The van der Waals surface area contributed by atoms with Gasteiger partial charge in [-0.2, -0.15) is 0 Å². The summed E-state index contributed by atoms with van der Waals surface area (Å²) in [5, 5.41) is 19.0. The van der Waals surface area contributed by atoms with E-state index in [0.717, 1.165) is 0 Å². The quantitative estimate of drug-likeness (QED) is 0.698. The first-order valence-electron chi connectivity index (χ1n) is 6.35. The average Bonchev–Trinajstić information content (AvgIpc) is 2.87. The van der Waals surface area contributed by atoms with E-state index in [9.17, 15) is 19.5 Å². The van der Waals surface area contributed by atoms with Crippen LogP contribution in [0.2, 0.25) is 0 Å². The smallest absolute Gasteiger partial charge is 0.320 e. The van der Waals surface area contributed by atoms with Crippen LogP contribution in [0.3, 0.4) is 0 Å². The summed E-state index contributed by atoms with van der Waals surface area (Å²) in [7, 11) is 0. The second-order valence-electron chi connectivity index (χ2n) is 5.45. The molecule has 2 heterocycles. The number of Topliss-reactive ketones (excluding diaryl/α,β-unsaturated/α-hetero) is 2. The van der Waals surface area contributed by atoms with Gasteiger partial charge in [-0.05, 0) is 26.0 Å². The topological polar surface area (TPSA) is 123 Å². The van der Waals surface area contributed by atoms with E-state index in [1.165, 1.54) is 0 Å². The Labute approximate surface area is 120 Å². The van der Waals surface area contributed by atoms with Gasteiger partial charge >= 0.3 is 5.97 Å². The minimum Gasteiger partial charge on any atom is -0.509 e. The van der Waals surface area contributed by atoms with Crippen molar-refractivity contribution >= 4 is 17.5 Å². The normalized spacial score (nSPS) is 18.3. The maximum Gasteiger partial charge on any atom is 0.320 e. The van der Waals surface area contributed by atoms with Crippen molar-refractivity contribution in [3.8, 4) is 0 Å². The molecule has 0 radical (unpaired) electrons. The number of carboxylic acids is 1. The number of aromatic nitrogens is 1. The number of ketones is 2. The highest BCUT2D eigenvalue weighted by atomic mass is 16.4. The Hall–Kier alpha value is -2.41. The van der Waals surface area contributed by atoms with Crippen molar-refractivity contribution in [3.05, 3.63) is 35.4 Å². The molecule has 0 saturated heterocycles. The number of allylic oxidation sites excluding steroid dienone is 2. The fraction of sp³-hybridized carbons (Fsp3) is 0.357. The third kappa shape index (κ3) is 2.25. The molecular weight excluding hydrogens is 276 g/mol. The van der Waals surface area contributed by atoms with Crippen LogP contribution in [0.25, 0.3) is 0 Å². The highest BCUT2D eigenvalue weighted by Crippen LogP contribution is 2.34. The molecule has 2 rings (SSSR count). The molecule has 0 bridgehead atoms. The summed E-state index contributed by atoms with van der Waals surface area (Å²) >= 11 is 0. The van der Waals surface area contributed by atoms with Gasteiger partial charge < -0.3 is 20.5 Å². The van der Waals surface area contributed by atoms with Crippen molar-refractivity contribution < 1.29 is 24.6 Å². The summed E-state index contributed by atoms with van der Waals surface area (Å²) in [5.41, 5.74) is 4.23. The van der Waals surface area contributed by atoms with Gasteiger partial charge in [-0.3, -0.25) is 14.4 Å². The fourth-order valence-corrected chi connectivity index (χ4v) is 2.36.